The van der Waals surface area contributed by atoms with Gasteiger partial charge < -0.3 is 14.6 Å². The van der Waals surface area contributed by atoms with Gasteiger partial charge in [0.25, 0.3) is 0 Å². The number of fused-ring (bicyclic) bond motifs is 5. The number of hydrogen-bond donors (Lipinski definition) is 1. The van der Waals surface area contributed by atoms with Gasteiger partial charge in [0, 0.05) is 11.8 Å². The maximum Gasteiger partial charge on any atom is 0.339 e. The van der Waals surface area contributed by atoms with Gasteiger partial charge in [0.05, 0.1) is 23.8 Å². The molecule has 2 aliphatic carbocycles. The summed E-state index contributed by atoms with van der Waals surface area (Å²) in [5.41, 5.74) is 0.113. The van der Waals surface area contributed by atoms with Crippen LogP contribution in [0.2, 0.25) is 0 Å². The minimum Gasteiger partial charge on any atom is -0.478 e. The molecule has 3 aliphatic rings. The van der Waals surface area contributed by atoms with E-state index in [0.29, 0.717) is 11.8 Å². The summed E-state index contributed by atoms with van der Waals surface area (Å²) in [6.07, 6.45) is 2.06. The van der Waals surface area contributed by atoms with E-state index in [2.05, 4.69) is 0 Å². The van der Waals surface area contributed by atoms with Crippen LogP contribution in [-0.2, 0) is 9.47 Å². The Balaban J connectivity index is 1.51. The number of carbonyl (C=O) groups is 2. The standard InChI is InChI=1S/C16H16O5/c17-15(18)9-3-1-2-4-10(9)16(19)21-13-6-8-5-11(13)14-12(8)7-20-14/h1-4,8,11-14H,5-7H2,(H,17,18)/t8-,11+,12-,13+,14-/m1/s1. The number of esters is 1. The average molecular weight is 288 g/mol. The van der Waals surface area contributed by atoms with Gasteiger partial charge in [-0.15, -0.1) is 0 Å². The van der Waals surface area contributed by atoms with Crippen molar-refractivity contribution in [2.75, 3.05) is 6.61 Å². The third kappa shape index (κ3) is 1.87. The lowest BCUT2D eigenvalue weighted by Crippen LogP contribution is -2.49. The molecule has 1 N–H and O–H groups in total. The smallest absolute Gasteiger partial charge is 0.339 e. The molecule has 5 heteroatoms. The van der Waals surface area contributed by atoms with Crippen LogP contribution in [0.15, 0.2) is 24.3 Å². The highest BCUT2D eigenvalue weighted by atomic mass is 16.6. The van der Waals surface area contributed by atoms with Gasteiger partial charge in [0.2, 0.25) is 0 Å². The minimum absolute atomic E-state index is 0.0107. The Morgan fingerprint density at radius 2 is 1.90 bits per heavy atom. The summed E-state index contributed by atoms with van der Waals surface area (Å²) in [4.78, 5) is 23.4. The van der Waals surface area contributed by atoms with Crippen molar-refractivity contribution in [3.05, 3.63) is 35.4 Å². The van der Waals surface area contributed by atoms with Crippen molar-refractivity contribution in [3.63, 3.8) is 0 Å². The van der Waals surface area contributed by atoms with Gasteiger partial charge >= 0.3 is 11.9 Å². The molecule has 5 atom stereocenters. The van der Waals surface area contributed by atoms with E-state index in [0.717, 1.165) is 19.4 Å². The number of benzene rings is 1. The summed E-state index contributed by atoms with van der Waals surface area (Å²) in [5, 5.41) is 9.14. The summed E-state index contributed by atoms with van der Waals surface area (Å²) in [6.45, 7) is 0.842. The SMILES string of the molecule is O=C(O)c1ccccc1C(=O)O[C@H]1C[C@H]2C[C@@H]1[C@H]1OC[C@H]21. The molecule has 3 fully saturated rings. The summed E-state index contributed by atoms with van der Waals surface area (Å²) in [5.74, 6) is -0.119. The van der Waals surface area contributed by atoms with Crippen LogP contribution in [0.4, 0.5) is 0 Å². The molecular weight excluding hydrogens is 272 g/mol. The maximum absolute atomic E-state index is 12.3. The Morgan fingerprint density at radius 1 is 1.14 bits per heavy atom. The molecule has 0 radical (unpaired) electrons. The largest absolute Gasteiger partial charge is 0.478 e. The van der Waals surface area contributed by atoms with Gasteiger partial charge in [0.1, 0.15) is 6.10 Å². The fourth-order valence-electron chi connectivity index (χ4n) is 4.11. The molecule has 0 aromatic heterocycles. The normalized spacial score (nSPS) is 35.9. The highest BCUT2D eigenvalue weighted by Gasteiger charge is 2.59. The molecule has 2 bridgehead atoms. The molecule has 1 aromatic carbocycles. The summed E-state index contributed by atoms with van der Waals surface area (Å²) in [6, 6.07) is 6.17. The van der Waals surface area contributed by atoms with Gasteiger partial charge in [-0.2, -0.15) is 0 Å². The number of carboxylic acid groups (broad SMARTS) is 1. The van der Waals surface area contributed by atoms with Gasteiger partial charge in [-0.1, -0.05) is 12.1 Å². The molecule has 1 saturated heterocycles. The highest BCUT2D eigenvalue weighted by Crippen LogP contribution is 2.55. The minimum atomic E-state index is -1.11. The number of carbonyl (C=O) groups excluding carboxylic acids is 1. The van der Waals surface area contributed by atoms with Crippen LogP contribution in [0.3, 0.4) is 0 Å². The van der Waals surface area contributed by atoms with Crippen LogP contribution in [0.5, 0.6) is 0 Å². The van der Waals surface area contributed by atoms with E-state index in [9.17, 15) is 9.59 Å². The van der Waals surface area contributed by atoms with Gasteiger partial charge in [0.15, 0.2) is 0 Å². The van der Waals surface area contributed by atoms with Crippen molar-refractivity contribution in [1.82, 2.24) is 0 Å². The Morgan fingerprint density at radius 3 is 2.52 bits per heavy atom. The topological polar surface area (TPSA) is 72.8 Å². The van der Waals surface area contributed by atoms with Crippen LogP contribution < -0.4 is 0 Å². The van der Waals surface area contributed by atoms with Crippen molar-refractivity contribution < 1.29 is 24.2 Å². The lowest BCUT2D eigenvalue weighted by Gasteiger charge is -2.42. The number of ether oxygens (including phenoxy) is 2. The van der Waals surface area contributed by atoms with Crippen molar-refractivity contribution in [1.29, 1.82) is 0 Å². The molecule has 2 saturated carbocycles. The Kier molecular flexibility index (Phi) is 2.79. The molecule has 1 aliphatic heterocycles. The van der Waals surface area contributed by atoms with Crippen LogP contribution in [0.1, 0.15) is 33.6 Å². The molecule has 0 amide bonds. The first kappa shape index (κ1) is 12.8. The third-order valence-corrected chi connectivity index (χ3v) is 5.15. The van der Waals surface area contributed by atoms with E-state index in [1.54, 1.807) is 12.1 Å². The van der Waals surface area contributed by atoms with Crippen LogP contribution in [0.25, 0.3) is 0 Å². The maximum atomic E-state index is 12.3. The molecule has 1 aromatic rings. The zero-order valence-corrected chi connectivity index (χ0v) is 11.4. The fraction of sp³-hybridized carbons (Fsp3) is 0.500. The van der Waals surface area contributed by atoms with Crippen molar-refractivity contribution >= 4 is 11.9 Å². The van der Waals surface area contributed by atoms with Crippen molar-refractivity contribution in [2.45, 2.75) is 25.0 Å². The van der Waals surface area contributed by atoms with Gasteiger partial charge in [-0.05, 0) is 30.9 Å². The quantitative estimate of drug-likeness (QED) is 0.861. The molecular formula is C16H16O5. The van der Waals surface area contributed by atoms with Gasteiger partial charge in [-0.25, -0.2) is 9.59 Å². The van der Waals surface area contributed by atoms with Gasteiger partial charge in [-0.3, -0.25) is 0 Å². The lowest BCUT2D eigenvalue weighted by atomic mass is 9.81. The second-order valence-corrected chi connectivity index (χ2v) is 6.15. The van der Waals surface area contributed by atoms with Crippen LogP contribution >= 0.6 is 0 Å². The fourth-order valence-corrected chi connectivity index (χ4v) is 4.11. The summed E-state index contributed by atoms with van der Waals surface area (Å²) in [7, 11) is 0. The second-order valence-electron chi connectivity index (χ2n) is 6.15. The molecule has 21 heavy (non-hydrogen) atoms. The predicted octanol–water partition coefficient (Wildman–Crippen LogP) is 1.97. The molecule has 0 unspecified atom stereocenters. The number of aromatic carboxylic acids is 1. The monoisotopic (exact) mass is 288 g/mol. The molecule has 5 nitrogen and oxygen atoms in total. The van der Waals surface area contributed by atoms with Crippen molar-refractivity contribution in [2.24, 2.45) is 17.8 Å². The Bertz CT molecular complexity index is 608. The molecule has 110 valence electrons. The number of carboxylic acids is 1. The zero-order valence-electron chi connectivity index (χ0n) is 11.4. The second kappa shape index (κ2) is 4.56. The average Bonchev–Trinajstić information content (AvgIpc) is 2.90. The number of rotatable bonds is 3. The summed E-state index contributed by atoms with van der Waals surface area (Å²) < 4.78 is 11.2. The van der Waals surface area contributed by atoms with E-state index in [-0.39, 0.29) is 29.3 Å². The molecule has 4 rings (SSSR count). The lowest BCUT2D eigenvalue weighted by molar-refractivity contribution is -0.163. The van der Waals surface area contributed by atoms with Crippen LogP contribution in [-0.4, -0.2) is 35.9 Å². The van der Waals surface area contributed by atoms with E-state index in [4.69, 9.17) is 14.6 Å². The van der Waals surface area contributed by atoms with E-state index in [1.165, 1.54) is 12.1 Å². The number of hydrogen-bond acceptors (Lipinski definition) is 4. The van der Waals surface area contributed by atoms with Crippen LogP contribution in [0, 0.1) is 17.8 Å². The van der Waals surface area contributed by atoms with E-state index >= 15 is 0 Å². The first-order valence-corrected chi connectivity index (χ1v) is 7.30. The zero-order chi connectivity index (χ0) is 14.6. The summed E-state index contributed by atoms with van der Waals surface area (Å²) >= 11 is 0. The first-order valence-electron chi connectivity index (χ1n) is 7.30. The molecule has 1 heterocycles. The van der Waals surface area contributed by atoms with Crippen molar-refractivity contribution in [3.8, 4) is 0 Å². The van der Waals surface area contributed by atoms with E-state index in [1.807, 2.05) is 0 Å². The Labute approximate surface area is 121 Å². The third-order valence-electron chi connectivity index (χ3n) is 5.15. The first-order chi connectivity index (χ1) is 10.1. The molecule has 0 spiro atoms. The Hall–Kier alpha value is -1.88. The highest BCUT2D eigenvalue weighted by molar-refractivity contribution is 6.02. The predicted molar refractivity (Wildman–Crippen MR) is 72.0 cm³/mol. The van der Waals surface area contributed by atoms with E-state index < -0.39 is 11.9 Å².